The second-order valence-electron chi connectivity index (χ2n) is 14.2. The number of fused-ring (bicyclic) bond motifs is 3. The highest BCUT2D eigenvalue weighted by Crippen LogP contribution is 2.39. The fourth-order valence-corrected chi connectivity index (χ4v) is 8.54. The van der Waals surface area contributed by atoms with Gasteiger partial charge >= 0.3 is 0 Å². The molecule has 0 saturated carbocycles. The van der Waals surface area contributed by atoms with Gasteiger partial charge in [0.1, 0.15) is 0 Å². The number of piperazine rings is 1. The molecule has 3 aliphatic heterocycles. The zero-order chi connectivity index (χ0) is 33.8. The molecule has 3 aromatic carbocycles. The minimum atomic E-state index is 0.530. The van der Waals surface area contributed by atoms with Gasteiger partial charge in [0, 0.05) is 62.0 Å². The average molecular weight is 660 g/mol. The zero-order valence-corrected chi connectivity index (χ0v) is 30.7. The van der Waals surface area contributed by atoms with Crippen molar-refractivity contribution in [1.82, 2.24) is 15.1 Å². The lowest BCUT2D eigenvalue weighted by Crippen LogP contribution is -2.43. The maximum atomic E-state index is 3.49. The summed E-state index contributed by atoms with van der Waals surface area (Å²) in [6.07, 6.45) is 14.3. The van der Waals surface area contributed by atoms with Crippen LogP contribution in [0.3, 0.4) is 0 Å². The largest absolute Gasteiger partial charge is 0.341 e. The number of anilines is 3. The van der Waals surface area contributed by atoms with Crippen LogP contribution < -0.4 is 15.1 Å². The Morgan fingerprint density at radius 3 is 1.88 bits per heavy atom. The first kappa shape index (κ1) is 35.4. The van der Waals surface area contributed by atoms with Gasteiger partial charge < -0.3 is 24.9 Å². The molecule has 6 rings (SSSR count). The predicted molar refractivity (Wildman–Crippen MR) is 210 cm³/mol. The topological polar surface area (TPSA) is 25.0 Å². The number of benzene rings is 3. The van der Waals surface area contributed by atoms with Gasteiger partial charge in [-0.15, -0.1) is 0 Å². The summed E-state index contributed by atoms with van der Waals surface area (Å²) in [4.78, 5) is 10.6. The van der Waals surface area contributed by atoms with Crippen LogP contribution in [0.1, 0.15) is 69.6 Å². The van der Waals surface area contributed by atoms with E-state index in [1.54, 1.807) is 0 Å². The molecule has 49 heavy (non-hydrogen) atoms. The van der Waals surface area contributed by atoms with Crippen molar-refractivity contribution in [3.05, 3.63) is 113 Å². The standard InChI is InChI=1S/C44H61N5/c1-4-40-38(35-39-19-9-12-22-44(39)48(41(40)5-2)30-16-14-29-47-33-26-45-27-34-47)25-32-46(6-3)28-13-15-31-49-42-20-10-7-17-36(42)23-24-37-18-8-11-21-43(37)49/h4-5,7-12,17-22,38,45H,6,13-16,23-35H2,1-3H3. The molecule has 1 unspecified atom stereocenters. The first-order valence-corrected chi connectivity index (χ1v) is 19.5. The van der Waals surface area contributed by atoms with Crippen molar-refractivity contribution in [2.45, 2.75) is 72.1 Å². The van der Waals surface area contributed by atoms with Crippen molar-refractivity contribution in [3.8, 4) is 0 Å². The van der Waals surface area contributed by atoms with Crippen LogP contribution in [0.15, 0.2) is 96.2 Å². The number of hydrogen-bond acceptors (Lipinski definition) is 5. The SMILES string of the molecule is CC=C1C(=CC)N(CCCCN2CCNCC2)c2ccccc2CC1CCN(CC)CCCCN1c2ccccc2CCc2ccccc21. The summed E-state index contributed by atoms with van der Waals surface area (Å²) in [5, 5.41) is 3.49. The molecule has 0 aromatic heterocycles. The van der Waals surface area contributed by atoms with Gasteiger partial charge in [-0.2, -0.15) is 0 Å². The van der Waals surface area contributed by atoms with E-state index in [2.05, 4.69) is 131 Å². The normalized spacial score (nSPS) is 19.9. The molecular formula is C44H61N5. The van der Waals surface area contributed by atoms with Gasteiger partial charge in [-0.1, -0.05) is 73.7 Å². The number of unbranched alkanes of at least 4 members (excludes halogenated alkanes) is 2. The Labute approximate surface area is 297 Å². The molecule has 262 valence electrons. The number of rotatable bonds is 14. The van der Waals surface area contributed by atoms with E-state index < -0.39 is 0 Å². The van der Waals surface area contributed by atoms with Gasteiger partial charge in [0.25, 0.3) is 0 Å². The molecule has 5 nitrogen and oxygen atoms in total. The molecule has 0 aliphatic carbocycles. The number of nitrogens with one attached hydrogen (secondary N) is 1. The Balaban J connectivity index is 1.06. The van der Waals surface area contributed by atoms with Crippen LogP contribution in [0.2, 0.25) is 0 Å². The third-order valence-corrected chi connectivity index (χ3v) is 11.3. The maximum Gasteiger partial charge on any atom is 0.0443 e. The van der Waals surface area contributed by atoms with E-state index in [9.17, 15) is 0 Å². The van der Waals surface area contributed by atoms with Crippen LogP contribution in [0.25, 0.3) is 0 Å². The fraction of sp³-hybridized carbons (Fsp3) is 0.500. The van der Waals surface area contributed by atoms with E-state index in [0.29, 0.717) is 5.92 Å². The lowest BCUT2D eigenvalue weighted by atomic mass is 9.87. The molecular weight excluding hydrogens is 599 g/mol. The maximum absolute atomic E-state index is 3.49. The number of para-hydroxylation sites is 3. The number of nitrogens with zero attached hydrogens (tertiary/aromatic N) is 4. The smallest absolute Gasteiger partial charge is 0.0443 e. The Kier molecular flexibility index (Phi) is 13.0. The fourth-order valence-electron chi connectivity index (χ4n) is 8.54. The lowest BCUT2D eigenvalue weighted by Gasteiger charge is -2.31. The molecule has 3 aliphatic rings. The summed E-state index contributed by atoms with van der Waals surface area (Å²) in [6, 6.07) is 27.3. The minimum absolute atomic E-state index is 0.530. The second-order valence-corrected chi connectivity index (χ2v) is 14.2. The van der Waals surface area contributed by atoms with Crippen LogP contribution in [-0.2, 0) is 19.3 Å². The Morgan fingerprint density at radius 2 is 1.24 bits per heavy atom. The summed E-state index contributed by atoms with van der Waals surface area (Å²) in [6.45, 7) is 18.3. The average Bonchev–Trinajstić information content (AvgIpc) is 3.39. The third-order valence-electron chi connectivity index (χ3n) is 11.3. The monoisotopic (exact) mass is 659 g/mol. The van der Waals surface area contributed by atoms with Gasteiger partial charge in [0.05, 0.1) is 0 Å². The van der Waals surface area contributed by atoms with Crippen molar-refractivity contribution in [2.24, 2.45) is 5.92 Å². The van der Waals surface area contributed by atoms with E-state index in [-0.39, 0.29) is 0 Å². The second kappa shape index (κ2) is 18.0. The first-order chi connectivity index (χ1) is 24.2. The summed E-state index contributed by atoms with van der Waals surface area (Å²) < 4.78 is 0. The number of allylic oxidation sites excluding steroid dienone is 3. The highest BCUT2D eigenvalue weighted by atomic mass is 15.2. The van der Waals surface area contributed by atoms with Gasteiger partial charge in [-0.05, 0) is 138 Å². The van der Waals surface area contributed by atoms with Crippen LogP contribution >= 0.6 is 0 Å². The first-order valence-electron chi connectivity index (χ1n) is 19.5. The molecule has 3 aromatic rings. The van der Waals surface area contributed by atoms with Gasteiger partial charge in [-0.3, -0.25) is 0 Å². The molecule has 0 radical (unpaired) electrons. The van der Waals surface area contributed by atoms with Crippen LogP contribution in [0.4, 0.5) is 17.1 Å². The zero-order valence-electron chi connectivity index (χ0n) is 30.7. The number of hydrogen-bond donors (Lipinski definition) is 1. The van der Waals surface area contributed by atoms with E-state index in [1.807, 2.05) is 0 Å². The lowest BCUT2D eigenvalue weighted by molar-refractivity contribution is 0.237. The molecule has 1 N–H and O–H groups in total. The highest BCUT2D eigenvalue weighted by molar-refractivity contribution is 5.71. The molecule has 1 fully saturated rings. The molecule has 0 amide bonds. The Morgan fingerprint density at radius 1 is 0.673 bits per heavy atom. The van der Waals surface area contributed by atoms with E-state index in [4.69, 9.17) is 0 Å². The quantitative estimate of drug-likeness (QED) is 0.175. The summed E-state index contributed by atoms with van der Waals surface area (Å²) in [7, 11) is 0. The van der Waals surface area contributed by atoms with E-state index in [0.717, 1.165) is 65.1 Å². The van der Waals surface area contributed by atoms with Crippen molar-refractivity contribution in [2.75, 3.05) is 75.2 Å². The van der Waals surface area contributed by atoms with Crippen molar-refractivity contribution >= 4 is 17.1 Å². The summed E-state index contributed by atoms with van der Waals surface area (Å²) in [5.41, 5.74) is 11.7. The minimum Gasteiger partial charge on any atom is -0.341 e. The molecule has 0 spiro atoms. The third kappa shape index (κ3) is 8.86. The Hall–Kier alpha value is -3.38. The van der Waals surface area contributed by atoms with Gasteiger partial charge in [0.15, 0.2) is 0 Å². The summed E-state index contributed by atoms with van der Waals surface area (Å²) >= 11 is 0. The van der Waals surface area contributed by atoms with Gasteiger partial charge in [0.2, 0.25) is 0 Å². The van der Waals surface area contributed by atoms with Crippen molar-refractivity contribution < 1.29 is 0 Å². The van der Waals surface area contributed by atoms with E-state index >= 15 is 0 Å². The van der Waals surface area contributed by atoms with Crippen LogP contribution in [0, 0.1) is 5.92 Å². The molecule has 0 bridgehead atoms. The molecule has 1 saturated heterocycles. The van der Waals surface area contributed by atoms with Crippen molar-refractivity contribution in [3.63, 3.8) is 0 Å². The van der Waals surface area contributed by atoms with Crippen LogP contribution in [0.5, 0.6) is 0 Å². The number of aryl methyl sites for hydroxylation is 2. The predicted octanol–water partition coefficient (Wildman–Crippen LogP) is 8.63. The summed E-state index contributed by atoms with van der Waals surface area (Å²) in [5.74, 6) is 0.530. The van der Waals surface area contributed by atoms with Crippen molar-refractivity contribution in [1.29, 1.82) is 0 Å². The molecule has 3 heterocycles. The van der Waals surface area contributed by atoms with Gasteiger partial charge in [-0.25, -0.2) is 0 Å². The van der Waals surface area contributed by atoms with E-state index in [1.165, 1.54) is 96.8 Å². The molecule has 1 atom stereocenters. The Bertz CT molecular complexity index is 1490. The highest BCUT2D eigenvalue weighted by Gasteiger charge is 2.29. The molecule has 5 heteroatoms. The van der Waals surface area contributed by atoms with Crippen LogP contribution in [-0.4, -0.2) is 75.2 Å².